The Morgan fingerprint density at radius 1 is 1.20 bits per heavy atom. The number of nitrogens with zero attached hydrogens (tertiary/aromatic N) is 2. The van der Waals surface area contributed by atoms with Crippen molar-refractivity contribution in [2.75, 3.05) is 0 Å². The van der Waals surface area contributed by atoms with Crippen molar-refractivity contribution in [3.63, 3.8) is 0 Å². The van der Waals surface area contributed by atoms with Gasteiger partial charge < -0.3 is 0 Å². The van der Waals surface area contributed by atoms with Crippen molar-refractivity contribution in [3.05, 3.63) is 34.2 Å². The lowest BCUT2D eigenvalue weighted by molar-refractivity contribution is 0.779. The molecule has 78 valence electrons. The molecule has 0 bridgehead atoms. The second kappa shape index (κ2) is 3.89. The standard InChI is InChI=1S/C12H13BrN2/c1-7(2)12-14-10-5-4-8(3)6-9(10)11(13)15-12/h4-7H,1-3H3. The van der Waals surface area contributed by atoms with Crippen molar-refractivity contribution >= 4 is 26.8 Å². The monoisotopic (exact) mass is 264 g/mol. The van der Waals surface area contributed by atoms with Crippen LogP contribution in [0.3, 0.4) is 0 Å². The lowest BCUT2D eigenvalue weighted by Gasteiger charge is -2.07. The Hall–Kier alpha value is -0.960. The number of halogens is 1. The predicted octanol–water partition coefficient (Wildman–Crippen LogP) is 3.82. The molecule has 0 radical (unpaired) electrons. The van der Waals surface area contributed by atoms with E-state index in [1.807, 2.05) is 6.07 Å². The number of hydrogen-bond acceptors (Lipinski definition) is 2. The molecule has 15 heavy (non-hydrogen) atoms. The SMILES string of the molecule is Cc1ccc2nc(C(C)C)nc(Br)c2c1. The summed E-state index contributed by atoms with van der Waals surface area (Å²) in [6.07, 6.45) is 0. The summed E-state index contributed by atoms with van der Waals surface area (Å²) in [5.74, 6) is 1.24. The third-order valence-electron chi connectivity index (χ3n) is 2.34. The Balaban J connectivity index is 2.73. The van der Waals surface area contributed by atoms with E-state index in [-0.39, 0.29) is 0 Å². The molecule has 0 saturated carbocycles. The largest absolute Gasteiger partial charge is 0.233 e. The Labute approximate surface area is 97.9 Å². The summed E-state index contributed by atoms with van der Waals surface area (Å²) in [7, 11) is 0. The van der Waals surface area contributed by atoms with E-state index in [0.29, 0.717) is 5.92 Å². The number of rotatable bonds is 1. The van der Waals surface area contributed by atoms with Gasteiger partial charge in [-0.1, -0.05) is 25.5 Å². The van der Waals surface area contributed by atoms with Gasteiger partial charge in [-0.05, 0) is 35.0 Å². The summed E-state index contributed by atoms with van der Waals surface area (Å²) in [5.41, 5.74) is 2.23. The van der Waals surface area contributed by atoms with E-state index in [2.05, 4.69) is 58.8 Å². The number of aromatic nitrogens is 2. The minimum atomic E-state index is 0.354. The van der Waals surface area contributed by atoms with Gasteiger partial charge in [-0.3, -0.25) is 0 Å². The fourth-order valence-corrected chi connectivity index (χ4v) is 1.98. The first kappa shape index (κ1) is 10.6. The van der Waals surface area contributed by atoms with Gasteiger partial charge in [0.15, 0.2) is 0 Å². The average Bonchev–Trinajstić information content (AvgIpc) is 2.18. The fourth-order valence-electron chi connectivity index (χ4n) is 1.48. The number of fused-ring (bicyclic) bond motifs is 1. The maximum absolute atomic E-state index is 4.54. The van der Waals surface area contributed by atoms with E-state index in [0.717, 1.165) is 21.3 Å². The molecule has 2 aromatic rings. The van der Waals surface area contributed by atoms with Crippen LogP contribution in [-0.4, -0.2) is 9.97 Å². The van der Waals surface area contributed by atoms with Crippen LogP contribution in [0.4, 0.5) is 0 Å². The minimum absolute atomic E-state index is 0.354. The van der Waals surface area contributed by atoms with Crippen molar-refractivity contribution in [3.8, 4) is 0 Å². The van der Waals surface area contributed by atoms with Crippen molar-refractivity contribution in [2.24, 2.45) is 0 Å². The van der Waals surface area contributed by atoms with Crippen molar-refractivity contribution in [2.45, 2.75) is 26.7 Å². The van der Waals surface area contributed by atoms with Crippen LogP contribution in [0.1, 0.15) is 31.2 Å². The quantitative estimate of drug-likeness (QED) is 0.732. The summed E-state index contributed by atoms with van der Waals surface area (Å²) in [6.45, 7) is 6.27. The smallest absolute Gasteiger partial charge is 0.132 e. The molecule has 0 aliphatic carbocycles. The van der Waals surface area contributed by atoms with Crippen molar-refractivity contribution < 1.29 is 0 Å². The average molecular weight is 265 g/mol. The molecule has 0 fully saturated rings. The zero-order valence-electron chi connectivity index (χ0n) is 9.08. The molecule has 0 unspecified atom stereocenters. The van der Waals surface area contributed by atoms with Crippen LogP contribution in [0, 0.1) is 6.92 Å². The van der Waals surface area contributed by atoms with E-state index in [1.54, 1.807) is 0 Å². The summed E-state index contributed by atoms with van der Waals surface area (Å²) in [4.78, 5) is 8.98. The molecule has 0 N–H and O–H groups in total. The Morgan fingerprint density at radius 2 is 1.93 bits per heavy atom. The second-order valence-electron chi connectivity index (χ2n) is 4.05. The zero-order chi connectivity index (χ0) is 11.0. The highest BCUT2D eigenvalue weighted by molar-refractivity contribution is 9.10. The summed E-state index contributed by atoms with van der Waals surface area (Å²) >= 11 is 3.50. The molecule has 2 rings (SSSR count). The predicted molar refractivity (Wildman–Crippen MR) is 66.1 cm³/mol. The van der Waals surface area contributed by atoms with Crippen molar-refractivity contribution in [1.82, 2.24) is 9.97 Å². The van der Waals surface area contributed by atoms with Gasteiger partial charge in [0.1, 0.15) is 10.4 Å². The molecule has 2 nitrogen and oxygen atoms in total. The van der Waals surface area contributed by atoms with Crippen LogP contribution in [-0.2, 0) is 0 Å². The maximum Gasteiger partial charge on any atom is 0.132 e. The van der Waals surface area contributed by atoms with Crippen LogP contribution >= 0.6 is 15.9 Å². The Kier molecular flexibility index (Phi) is 2.74. The van der Waals surface area contributed by atoms with Crippen molar-refractivity contribution in [1.29, 1.82) is 0 Å². The lowest BCUT2D eigenvalue weighted by atomic mass is 10.1. The normalized spacial score (nSPS) is 11.3. The molecule has 0 atom stereocenters. The first-order valence-electron chi connectivity index (χ1n) is 5.01. The molecular weight excluding hydrogens is 252 g/mol. The number of aryl methyl sites for hydroxylation is 1. The second-order valence-corrected chi connectivity index (χ2v) is 4.80. The molecule has 1 aromatic heterocycles. The zero-order valence-corrected chi connectivity index (χ0v) is 10.7. The van der Waals surface area contributed by atoms with E-state index < -0.39 is 0 Å². The molecule has 1 heterocycles. The van der Waals surface area contributed by atoms with Gasteiger partial charge >= 0.3 is 0 Å². The topological polar surface area (TPSA) is 25.8 Å². The van der Waals surface area contributed by atoms with E-state index in [9.17, 15) is 0 Å². The summed E-state index contributed by atoms with van der Waals surface area (Å²) in [6, 6.07) is 6.22. The van der Waals surface area contributed by atoms with Crippen LogP contribution in [0.5, 0.6) is 0 Å². The van der Waals surface area contributed by atoms with Crippen LogP contribution in [0.25, 0.3) is 10.9 Å². The molecule has 1 aromatic carbocycles. The van der Waals surface area contributed by atoms with Gasteiger partial charge in [-0.2, -0.15) is 0 Å². The number of benzene rings is 1. The molecule has 0 amide bonds. The molecule has 0 aliphatic rings. The highest BCUT2D eigenvalue weighted by Gasteiger charge is 2.08. The molecule has 0 spiro atoms. The summed E-state index contributed by atoms with van der Waals surface area (Å²) in [5, 5.41) is 1.08. The molecule has 0 aliphatic heterocycles. The van der Waals surface area contributed by atoms with Crippen LogP contribution in [0.2, 0.25) is 0 Å². The first-order valence-corrected chi connectivity index (χ1v) is 5.81. The van der Waals surface area contributed by atoms with Crippen LogP contribution in [0.15, 0.2) is 22.8 Å². The Bertz CT molecular complexity index is 506. The van der Waals surface area contributed by atoms with E-state index in [1.165, 1.54) is 5.56 Å². The highest BCUT2D eigenvalue weighted by atomic mass is 79.9. The Morgan fingerprint density at radius 3 is 2.60 bits per heavy atom. The molecule has 0 saturated heterocycles. The number of hydrogen-bond donors (Lipinski definition) is 0. The minimum Gasteiger partial charge on any atom is -0.233 e. The third kappa shape index (κ3) is 2.02. The van der Waals surface area contributed by atoms with Gasteiger partial charge in [-0.25, -0.2) is 9.97 Å². The van der Waals surface area contributed by atoms with Gasteiger partial charge in [0, 0.05) is 11.3 Å². The fraction of sp³-hybridized carbons (Fsp3) is 0.333. The first-order chi connectivity index (χ1) is 7.08. The maximum atomic E-state index is 4.54. The lowest BCUT2D eigenvalue weighted by Crippen LogP contribution is -1.98. The van der Waals surface area contributed by atoms with E-state index in [4.69, 9.17) is 0 Å². The van der Waals surface area contributed by atoms with Gasteiger partial charge in [0.05, 0.1) is 5.52 Å². The molecular formula is C12H13BrN2. The summed E-state index contributed by atoms with van der Waals surface area (Å²) < 4.78 is 0.889. The van der Waals surface area contributed by atoms with Crippen LogP contribution < -0.4 is 0 Å². The van der Waals surface area contributed by atoms with E-state index >= 15 is 0 Å². The van der Waals surface area contributed by atoms with Gasteiger partial charge in [-0.15, -0.1) is 0 Å². The van der Waals surface area contributed by atoms with Gasteiger partial charge in [0.2, 0.25) is 0 Å². The molecule has 3 heteroatoms. The van der Waals surface area contributed by atoms with Gasteiger partial charge in [0.25, 0.3) is 0 Å². The third-order valence-corrected chi connectivity index (χ3v) is 2.94. The highest BCUT2D eigenvalue weighted by Crippen LogP contribution is 2.24.